The van der Waals surface area contributed by atoms with Gasteiger partial charge in [-0.25, -0.2) is 4.79 Å². The molecule has 6 nitrogen and oxygen atoms in total. The van der Waals surface area contributed by atoms with Gasteiger partial charge >= 0.3 is 11.9 Å². The van der Waals surface area contributed by atoms with Gasteiger partial charge in [0.15, 0.2) is 5.78 Å². The van der Waals surface area contributed by atoms with Crippen LogP contribution >= 0.6 is 0 Å². The molecule has 0 saturated carbocycles. The molecule has 126 valence electrons. The number of Topliss-reactive ketones (excluding diaryl/α,β-unsaturated/α-hetero) is 1. The molecule has 0 aliphatic heterocycles. The minimum atomic E-state index is -1.02. The van der Waals surface area contributed by atoms with Crippen LogP contribution in [0.25, 0.3) is 0 Å². The fourth-order valence-electron chi connectivity index (χ4n) is 1.83. The van der Waals surface area contributed by atoms with Crippen molar-refractivity contribution in [3.05, 3.63) is 71.3 Å². The van der Waals surface area contributed by atoms with Crippen molar-refractivity contribution in [1.29, 1.82) is 0 Å². The number of nitrogens with two attached hydrogens (primary N) is 1. The first-order chi connectivity index (χ1) is 11.3. The van der Waals surface area contributed by atoms with Crippen LogP contribution in [0.15, 0.2) is 54.6 Å². The van der Waals surface area contributed by atoms with Gasteiger partial charge in [-0.1, -0.05) is 42.5 Å². The van der Waals surface area contributed by atoms with E-state index >= 15 is 0 Å². The molecule has 2 aromatic carbocycles. The lowest BCUT2D eigenvalue weighted by Crippen LogP contribution is -2.32. The second kappa shape index (κ2) is 9.22. The fraction of sp³-hybridized carbons (Fsp3) is 0.167. The molecule has 0 heterocycles. The fourth-order valence-corrected chi connectivity index (χ4v) is 1.83. The summed E-state index contributed by atoms with van der Waals surface area (Å²) in [6.45, 7) is 1.40. The first-order valence-electron chi connectivity index (χ1n) is 7.18. The monoisotopic (exact) mass is 329 g/mol. The highest BCUT2D eigenvalue weighted by molar-refractivity contribution is 5.97. The summed E-state index contributed by atoms with van der Waals surface area (Å²) in [6.07, 6.45) is 0.385. The topological polar surface area (TPSA) is 118 Å². The Morgan fingerprint density at radius 1 is 0.958 bits per heavy atom. The van der Waals surface area contributed by atoms with E-state index in [1.165, 1.54) is 19.1 Å². The van der Waals surface area contributed by atoms with Gasteiger partial charge in [0.25, 0.3) is 0 Å². The molecule has 0 radical (unpaired) electrons. The summed E-state index contributed by atoms with van der Waals surface area (Å²) in [6, 6.07) is 14.5. The van der Waals surface area contributed by atoms with E-state index in [9.17, 15) is 14.4 Å². The van der Waals surface area contributed by atoms with E-state index in [0.717, 1.165) is 5.56 Å². The average Bonchev–Trinajstić information content (AvgIpc) is 2.56. The number of carbonyl (C=O) groups excluding carboxylic acids is 1. The van der Waals surface area contributed by atoms with Gasteiger partial charge < -0.3 is 15.9 Å². The molecule has 0 fully saturated rings. The highest BCUT2D eigenvalue weighted by Gasteiger charge is 2.11. The largest absolute Gasteiger partial charge is 0.480 e. The molecule has 0 bridgehead atoms. The highest BCUT2D eigenvalue weighted by Crippen LogP contribution is 2.05. The van der Waals surface area contributed by atoms with Crippen LogP contribution in [0.5, 0.6) is 0 Å². The number of hydrogen-bond acceptors (Lipinski definition) is 4. The first kappa shape index (κ1) is 19.1. The van der Waals surface area contributed by atoms with E-state index in [2.05, 4.69) is 0 Å². The summed E-state index contributed by atoms with van der Waals surface area (Å²) in [4.78, 5) is 31.7. The number of benzene rings is 2. The molecule has 6 heteroatoms. The van der Waals surface area contributed by atoms with Gasteiger partial charge in [-0.3, -0.25) is 9.59 Å². The van der Waals surface area contributed by atoms with Crippen molar-refractivity contribution in [2.75, 3.05) is 0 Å². The third kappa shape index (κ3) is 6.41. The Kier molecular flexibility index (Phi) is 7.32. The number of carboxylic acids is 2. The third-order valence-corrected chi connectivity index (χ3v) is 3.13. The number of carbonyl (C=O) groups is 3. The zero-order valence-corrected chi connectivity index (χ0v) is 13.2. The number of aliphatic carboxylic acids is 1. The minimum absolute atomic E-state index is 0.127. The number of rotatable bonds is 5. The molecule has 0 aromatic heterocycles. The lowest BCUT2D eigenvalue weighted by atomic mass is 10.1. The van der Waals surface area contributed by atoms with E-state index in [1.54, 1.807) is 12.1 Å². The third-order valence-electron chi connectivity index (χ3n) is 3.13. The van der Waals surface area contributed by atoms with Crippen molar-refractivity contribution >= 4 is 17.7 Å². The Morgan fingerprint density at radius 2 is 1.54 bits per heavy atom. The average molecular weight is 329 g/mol. The van der Waals surface area contributed by atoms with Crippen LogP contribution in [0, 0.1) is 0 Å². The molecule has 4 N–H and O–H groups in total. The summed E-state index contributed by atoms with van der Waals surface area (Å²) >= 11 is 0. The van der Waals surface area contributed by atoms with Gasteiger partial charge in [-0.2, -0.15) is 0 Å². The van der Waals surface area contributed by atoms with Crippen molar-refractivity contribution in [2.24, 2.45) is 5.73 Å². The van der Waals surface area contributed by atoms with Crippen molar-refractivity contribution in [3.8, 4) is 0 Å². The van der Waals surface area contributed by atoms with E-state index in [1.807, 2.05) is 30.3 Å². The maximum Gasteiger partial charge on any atom is 0.335 e. The Balaban J connectivity index is 0.000000240. The SMILES string of the molecule is CC(=O)c1cccc(C(=O)O)c1.NC(Cc1ccccc1)C(=O)O. The first-order valence-corrected chi connectivity index (χ1v) is 7.18. The van der Waals surface area contributed by atoms with Crippen LogP contribution in [0.1, 0.15) is 33.2 Å². The zero-order valence-electron chi connectivity index (χ0n) is 13.2. The number of aromatic carboxylic acids is 1. The van der Waals surface area contributed by atoms with Gasteiger partial charge in [-0.05, 0) is 31.0 Å². The number of hydrogen-bond donors (Lipinski definition) is 3. The van der Waals surface area contributed by atoms with Gasteiger partial charge in [0.2, 0.25) is 0 Å². The van der Waals surface area contributed by atoms with Gasteiger partial charge in [0.1, 0.15) is 6.04 Å². The molecule has 0 aliphatic carbocycles. The Bertz CT molecular complexity index is 683. The summed E-state index contributed by atoms with van der Waals surface area (Å²) in [5, 5.41) is 17.1. The van der Waals surface area contributed by atoms with Crippen molar-refractivity contribution in [3.63, 3.8) is 0 Å². The summed E-state index contributed by atoms with van der Waals surface area (Å²) in [5.74, 6) is -2.10. The van der Waals surface area contributed by atoms with Crippen LogP contribution in [-0.4, -0.2) is 34.0 Å². The van der Waals surface area contributed by atoms with Gasteiger partial charge in [-0.15, -0.1) is 0 Å². The molecule has 0 spiro atoms. The highest BCUT2D eigenvalue weighted by atomic mass is 16.4. The van der Waals surface area contributed by atoms with Crippen LogP contribution in [0.4, 0.5) is 0 Å². The van der Waals surface area contributed by atoms with Crippen LogP contribution in [0.3, 0.4) is 0 Å². The molecule has 0 amide bonds. The number of ketones is 1. The molecule has 1 atom stereocenters. The van der Waals surface area contributed by atoms with E-state index in [-0.39, 0.29) is 11.3 Å². The lowest BCUT2D eigenvalue weighted by molar-refractivity contribution is -0.138. The van der Waals surface area contributed by atoms with Crippen LogP contribution < -0.4 is 5.73 Å². The molecule has 0 saturated heterocycles. The second-order valence-corrected chi connectivity index (χ2v) is 5.08. The second-order valence-electron chi connectivity index (χ2n) is 5.08. The summed E-state index contributed by atoms with van der Waals surface area (Å²) < 4.78 is 0. The van der Waals surface area contributed by atoms with Gasteiger partial charge in [0, 0.05) is 5.56 Å². The van der Waals surface area contributed by atoms with E-state index < -0.39 is 18.0 Å². The van der Waals surface area contributed by atoms with Gasteiger partial charge in [0.05, 0.1) is 5.56 Å². The van der Waals surface area contributed by atoms with Crippen LogP contribution in [0.2, 0.25) is 0 Å². The molecule has 0 aliphatic rings. The van der Waals surface area contributed by atoms with Crippen LogP contribution in [-0.2, 0) is 11.2 Å². The van der Waals surface area contributed by atoms with E-state index in [4.69, 9.17) is 15.9 Å². The molecular weight excluding hydrogens is 310 g/mol. The predicted octanol–water partition coefficient (Wildman–Crippen LogP) is 2.23. The predicted molar refractivity (Wildman–Crippen MR) is 89.2 cm³/mol. The normalized spacial score (nSPS) is 10.9. The maximum absolute atomic E-state index is 10.8. The Morgan fingerprint density at radius 3 is 2.04 bits per heavy atom. The lowest BCUT2D eigenvalue weighted by Gasteiger charge is -2.04. The minimum Gasteiger partial charge on any atom is -0.480 e. The molecule has 2 aromatic rings. The molecule has 24 heavy (non-hydrogen) atoms. The van der Waals surface area contributed by atoms with Crippen molar-refractivity contribution in [1.82, 2.24) is 0 Å². The Hall–Kier alpha value is -2.99. The quantitative estimate of drug-likeness (QED) is 0.724. The molecule has 2 rings (SSSR count). The zero-order chi connectivity index (χ0) is 18.1. The van der Waals surface area contributed by atoms with E-state index in [0.29, 0.717) is 12.0 Å². The number of carboxylic acid groups (broad SMARTS) is 2. The Labute approximate surface area is 139 Å². The van der Waals surface area contributed by atoms with Crippen molar-refractivity contribution in [2.45, 2.75) is 19.4 Å². The molecule has 1 unspecified atom stereocenters. The standard InChI is InChI=1S/C9H11NO2.C9H8O3/c10-8(9(11)12)6-7-4-2-1-3-5-7;1-6(10)7-3-2-4-8(5-7)9(11)12/h1-5,8H,6,10H2,(H,11,12);2-5H,1H3,(H,11,12). The molecular formula is C18H19NO5. The van der Waals surface area contributed by atoms with Crippen molar-refractivity contribution < 1.29 is 24.6 Å². The smallest absolute Gasteiger partial charge is 0.335 e. The maximum atomic E-state index is 10.8. The summed E-state index contributed by atoms with van der Waals surface area (Å²) in [7, 11) is 0. The summed E-state index contributed by atoms with van der Waals surface area (Å²) in [5.41, 5.74) is 6.87.